The van der Waals surface area contributed by atoms with Gasteiger partial charge in [0.2, 0.25) is 5.91 Å². The van der Waals surface area contributed by atoms with Gasteiger partial charge in [0.05, 0.1) is 31.1 Å². The lowest BCUT2D eigenvalue weighted by molar-refractivity contribution is -0.136. The summed E-state index contributed by atoms with van der Waals surface area (Å²) < 4.78 is 41.1. The number of hydrogen-bond donors (Lipinski definition) is 1. The summed E-state index contributed by atoms with van der Waals surface area (Å²) >= 11 is 1.09. The summed E-state index contributed by atoms with van der Waals surface area (Å²) in [4.78, 5) is 41.9. The van der Waals surface area contributed by atoms with E-state index in [2.05, 4.69) is 29.6 Å². The van der Waals surface area contributed by atoms with E-state index in [1.165, 1.54) is 24.3 Å². The topological polar surface area (TPSA) is 141 Å². The van der Waals surface area contributed by atoms with Gasteiger partial charge >= 0.3 is 6.09 Å². The molecule has 1 aromatic heterocycles. The maximum absolute atomic E-state index is 15.8. The molecule has 2 aliphatic heterocycles. The predicted octanol–water partition coefficient (Wildman–Crippen LogP) is 5.18. The second kappa shape index (κ2) is 13.2. The Balaban J connectivity index is 1.53. The average Bonchev–Trinajstić information content (AvgIpc) is 3.78. The van der Waals surface area contributed by atoms with Crippen molar-refractivity contribution in [1.82, 2.24) is 19.8 Å². The van der Waals surface area contributed by atoms with Gasteiger partial charge in [-0.2, -0.15) is 5.26 Å². The van der Waals surface area contributed by atoms with Gasteiger partial charge in [-0.1, -0.05) is 37.5 Å². The number of nitriles is 1. The first kappa shape index (κ1) is 33.6. The van der Waals surface area contributed by atoms with E-state index in [1.54, 1.807) is 11.8 Å². The average molecular weight is 671 g/mol. The molecule has 2 fully saturated rings. The summed E-state index contributed by atoms with van der Waals surface area (Å²) in [5.41, 5.74) is -1.04. The van der Waals surface area contributed by atoms with Gasteiger partial charge in [-0.05, 0) is 43.2 Å². The SMILES string of the molecule is C[C@]1(c2cc(/C=C(\F)c3cnc(C#N)cn3)ccc2F)N=C(N(COCC[Si](C)(C)C)C(=O)O)S[C@@]2(C(=O)N3CCOCC3)C[C@H]21. The Morgan fingerprint density at radius 3 is 2.65 bits per heavy atom. The minimum Gasteiger partial charge on any atom is -0.465 e. The van der Waals surface area contributed by atoms with Gasteiger partial charge in [0.25, 0.3) is 0 Å². The van der Waals surface area contributed by atoms with Crippen LogP contribution in [-0.4, -0.2) is 94.5 Å². The number of morpholine rings is 1. The van der Waals surface area contributed by atoms with Gasteiger partial charge in [-0.15, -0.1) is 0 Å². The molecule has 46 heavy (non-hydrogen) atoms. The number of benzene rings is 1. The number of carbonyl (C=O) groups is 2. The Morgan fingerprint density at radius 1 is 1.28 bits per heavy atom. The quantitative estimate of drug-likeness (QED) is 0.217. The number of hydrogen-bond acceptors (Lipinski definition) is 9. The van der Waals surface area contributed by atoms with E-state index < -0.39 is 42.0 Å². The second-order valence-corrected chi connectivity index (χ2v) is 19.8. The molecule has 0 bridgehead atoms. The van der Waals surface area contributed by atoms with Gasteiger partial charge in [-0.3, -0.25) is 9.79 Å². The molecule has 244 valence electrons. The zero-order valence-corrected chi connectivity index (χ0v) is 27.9. The van der Waals surface area contributed by atoms with Gasteiger partial charge in [0.15, 0.2) is 16.7 Å². The number of nitrogens with zero attached hydrogens (tertiary/aromatic N) is 6. The van der Waals surface area contributed by atoms with Crippen molar-refractivity contribution >= 4 is 48.9 Å². The van der Waals surface area contributed by atoms with Crippen LogP contribution in [0, 0.1) is 23.1 Å². The van der Waals surface area contributed by atoms with Gasteiger partial charge in [0.1, 0.15) is 29.1 Å². The lowest BCUT2D eigenvalue weighted by Gasteiger charge is -2.39. The molecule has 5 rings (SSSR count). The van der Waals surface area contributed by atoms with Crippen LogP contribution in [0.4, 0.5) is 13.6 Å². The summed E-state index contributed by atoms with van der Waals surface area (Å²) in [6.45, 7) is 9.89. The largest absolute Gasteiger partial charge is 0.465 e. The van der Waals surface area contributed by atoms with Crippen LogP contribution in [0.15, 0.2) is 35.6 Å². The first-order valence-electron chi connectivity index (χ1n) is 14.9. The van der Waals surface area contributed by atoms with Gasteiger partial charge in [0, 0.05) is 39.3 Å². The number of aromatic nitrogens is 2. The van der Waals surface area contributed by atoms with Crippen LogP contribution in [0.5, 0.6) is 0 Å². The third-order valence-corrected chi connectivity index (χ3v) is 11.6. The fourth-order valence-corrected chi connectivity index (χ4v) is 8.02. The highest BCUT2D eigenvalue weighted by Crippen LogP contribution is 2.67. The zero-order chi connectivity index (χ0) is 33.3. The standard InChI is InChI=1S/C31H36F2N6O5SSi/c1-30(22-13-20(5-6-23(22)32)14-24(33)25-18-35-21(16-34)17-36-25)26-15-31(26,27(40)38-7-9-43-10-8-38)45-28(37-30)39(29(41)42)19-44-11-12-46(2,3)4/h5-6,13-14,17-18,26H,7-12,15,19H2,1-4H3,(H,41,42)/b24-14-/t26-,30+,31-/m0/s1. The molecule has 3 atom stereocenters. The molecular weight excluding hydrogens is 635 g/mol. The molecule has 0 radical (unpaired) electrons. The number of halogens is 2. The maximum Gasteiger partial charge on any atom is 0.415 e. The van der Waals surface area contributed by atoms with Crippen LogP contribution >= 0.6 is 11.8 Å². The molecule has 3 aliphatic rings. The Bertz CT molecular complexity index is 1610. The molecular formula is C31H36F2N6O5SSi. The van der Waals surface area contributed by atoms with Gasteiger partial charge < -0.3 is 19.5 Å². The summed E-state index contributed by atoms with van der Waals surface area (Å²) in [5, 5.41) is 19.2. The molecule has 0 spiro atoms. The fraction of sp³-hybridized carbons (Fsp3) is 0.484. The summed E-state index contributed by atoms with van der Waals surface area (Å²) in [5.74, 6) is -2.01. The van der Waals surface area contributed by atoms with Crippen molar-refractivity contribution in [3.63, 3.8) is 0 Å². The molecule has 1 saturated carbocycles. The van der Waals surface area contributed by atoms with Crippen molar-refractivity contribution in [2.45, 2.75) is 49.3 Å². The summed E-state index contributed by atoms with van der Waals surface area (Å²) in [7, 11) is -1.44. The first-order chi connectivity index (χ1) is 21.8. The third-order valence-electron chi connectivity index (χ3n) is 8.37. The lowest BCUT2D eigenvalue weighted by Crippen LogP contribution is -2.51. The van der Waals surface area contributed by atoms with Gasteiger partial charge in [-0.25, -0.2) is 28.4 Å². The molecule has 1 aromatic carbocycles. The van der Waals surface area contributed by atoms with Crippen LogP contribution < -0.4 is 0 Å². The molecule has 1 saturated heterocycles. The maximum atomic E-state index is 15.8. The molecule has 1 N–H and O–H groups in total. The van der Waals surface area contributed by atoms with E-state index in [1.807, 2.05) is 6.07 Å². The molecule has 3 heterocycles. The number of fused-ring (bicyclic) bond motifs is 1. The van der Waals surface area contributed by atoms with Crippen LogP contribution in [0.25, 0.3) is 11.9 Å². The predicted molar refractivity (Wildman–Crippen MR) is 172 cm³/mol. The number of amidine groups is 1. The molecule has 0 unspecified atom stereocenters. The minimum absolute atomic E-state index is 0.0359. The van der Waals surface area contributed by atoms with Crippen LogP contribution in [-0.2, 0) is 19.8 Å². The summed E-state index contributed by atoms with van der Waals surface area (Å²) in [6, 6.07) is 6.71. The minimum atomic E-state index is -1.44. The van der Waals surface area contributed by atoms with Crippen molar-refractivity contribution < 1.29 is 33.0 Å². The Labute approximate surface area is 271 Å². The summed E-state index contributed by atoms with van der Waals surface area (Å²) in [6.07, 6.45) is 2.48. The number of amides is 2. The highest BCUT2D eigenvalue weighted by atomic mass is 32.2. The van der Waals surface area contributed by atoms with Crippen LogP contribution in [0.2, 0.25) is 25.7 Å². The lowest BCUT2D eigenvalue weighted by atomic mass is 9.84. The number of carbonyl (C=O) groups excluding carboxylic acids is 1. The van der Waals surface area contributed by atoms with Crippen LogP contribution in [0.3, 0.4) is 0 Å². The van der Waals surface area contributed by atoms with Crippen molar-refractivity contribution in [2.24, 2.45) is 10.9 Å². The van der Waals surface area contributed by atoms with Crippen LogP contribution in [0.1, 0.15) is 35.9 Å². The van der Waals surface area contributed by atoms with E-state index in [0.717, 1.165) is 35.1 Å². The number of aliphatic imine (C=N–C) groups is 1. The highest BCUT2D eigenvalue weighted by molar-refractivity contribution is 8.16. The van der Waals surface area contributed by atoms with E-state index in [0.29, 0.717) is 44.9 Å². The number of ether oxygens (including phenoxy) is 2. The van der Waals surface area contributed by atoms with E-state index >= 15 is 8.78 Å². The molecule has 2 aromatic rings. The van der Waals surface area contributed by atoms with Crippen molar-refractivity contribution in [3.8, 4) is 6.07 Å². The van der Waals surface area contributed by atoms with E-state index in [9.17, 15) is 14.7 Å². The molecule has 2 amide bonds. The highest BCUT2D eigenvalue weighted by Gasteiger charge is 2.72. The Hall–Kier alpha value is -3.71. The molecule has 1 aliphatic carbocycles. The number of rotatable bonds is 9. The zero-order valence-electron chi connectivity index (χ0n) is 26.1. The fourth-order valence-electron chi connectivity index (χ4n) is 5.63. The Morgan fingerprint density at radius 2 is 2.02 bits per heavy atom. The smallest absolute Gasteiger partial charge is 0.415 e. The van der Waals surface area contributed by atoms with E-state index in [-0.39, 0.29) is 34.8 Å². The molecule has 11 nitrogen and oxygen atoms in total. The monoisotopic (exact) mass is 670 g/mol. The van der Waals surface area contributed by atoms with Crippen molar-refractivity contribution in [1.29, 1.82) is 5.26 Å². The number of thioether (sulfide) groups is 1. The second-order valence-electron chi connectivity index (χ2n) is 12.9. The normalized spacial score (nSPS) is 24.5. The van der Waals surface area contributed by atoms with Crippen molar-refractivity contribution in [3.05, 3.63) is 58.9 Å². The number of carboxylic acid groups (broad SMARTS) is 1. The molecule has 15 heteroatoms. The Kier molecular flexibility index (Phi) is 9.64. The third kappa shape index (κ3) is 6.99. The van der Waals surface area contributed by atoms with E-state index in [4.69, 9.17) is 19.7 Å². The first-order valence-corrected chi connectivity index (χ1v) is 19.4. The van der Waals surface area contributed by atoms with Crippen molar-refractivity contribution in [2.75, 3.05) is 39.6 Å².